The third-order valence-corrected chi connectivity index (χ3v) is 6.66. The van der Waals surface area contributed by atoms with Crippen LogP contribution in [0.2, 0.25) is 0 Å². The molecule has 0 fully saturated rings. The molecule has 1 aliphatic heterocycles. The number of aliphatic hydroxyl groups is 1. The second-order valence-corrected chi connectivity index (χ2v) is 10.2. The fourth-order valence-electron chi connectivity index (χ4n) is 4.70. The Hall–Kier alpha value is -4.13. The molecule has 3 heterocycles. The lowest BCUT2D eigenvalue weighted by Crippen LogP contribution is -2.32. The van der Waals surface area contributed by atoms with Crippen LogP contribution in [0.1, 0.15) is 54.9 Å². The van der Waals surface area contributed by atoms with E-state index in [1.54, 1.807) is 29.6 Å². The van der Waals surface area contributed by atoms with E-state index in [0.29, 0.717) is 25.1 Å². The predicted octanol–water partition coefficient (Wildman–Crippen LogP) is 5.60. The molecule has 1 N–H and O–H groups in total. The number of fused-ring (bicyclic) bond motifs is 1. The van der Waals surface area contributed by atoms with Crippen LogP contribution in [-0.2, 0) is 16.8 Å². The lowest BCUT2D eigenvalue weighted by Gasteiger charge is -2.27. The Bertz CT molecular complexity index is 1410. The van der Waals surface area contributed by atoms with Crippen molar-refractivity contribution in [3.8, 4) is 0 Å². The van der Waals surface area contributed by atoms with Gasteiger partial charge in [0, 0.05) is 30.9 Å². The Labute approximate surface area is 209 Å². The van der Waals surface area contributed by atoms with Gasteiger partial charge in [-0.3, -0.25) is 9.59 Å². The zero-order valence-corrected chi connectivity index (χ0v) is 20.6. The molecule has 2 aromatic heterocycles. The standard InChI is InChI=1S/C29H29N3O4/c1-29(2,3)21-11-9-19(10-12-21)25-24(26(33)23-17-20-7-4-5-8-22(20)36-23)27(34)28(35)32(25)15-6-14-31-16-13-30-18-31/h4-5,7-13,16-18,25,34H,6,14-15H2,1-3H3/t25-/m0/s1. The van der Waals surface area contributed by atoms with Crippen molar-refractivity contribution in [2.45, 2.75) is 45.2 Å². The Morgan fingerprint density at radius 1 is 1.08 bits per heavy atom. The van der Waals surface area contributed by atoms with Crippen molar-refractivity contribution in [2.24, 2.45) is 0 Å². The number of carbonyl (C=O) groups excluding carboxylic acids is 2. The molecule has 0 spiro atoms. The fraction of sp³-hybridized carbons (Fsp3) is 0.276. The number of nitrogens with zero attached hydrogens (tertiary/aromatic N) is 3. The molecule has 36 heavy (non-hydrogen) atoms. The number of amides is 1. The SMILES string of the molecule is CC(C)(C)c1ccc([C@H]2C(C(=O)c3cc4ccccc4o3)=C(O)C(=O)N2CCCn2ccnc2)cc1. The summed E-state index contributed by atoms with van der Waals surface area (Å²) in [5.74, 6) is -1.46. The number of para-hydroxylation sites is 1. The van der Waals surface area contributed by atoms with E-state index < -0.39 is 23.5 Å². The van der Waals surface area contributed by atoms with Crippen molar-refractivity contribution >= 4 is 22.7 Å². The molecule has 7 nitrogen and oxygen atoms in total. The maximum absolute atomic E-state index is 13.7. The summed E-state index contributed by atoms with van der Waals surface area (Å²) in [7, 11) is 0. The van der Waals surface area contributed by atoms with E-state index in [4.69, 9.17) is 4.42 Å². The number of Topliss-reactive ketones (excluding diaryl/α,β-unsaturated/α-hetero) is 1. The van der Waals surface area contributed by atoms with E-state index in [9.17, 15) is 14.7 Å². The first-order chi connectivity index (χ1) is 17.2. The average Bonchev–Trinajstić information content (AvgIpc) is 3.58. The molecular weight excluding hydrogens is 454 g/mol. The molecule has 0 saturated heterocycles. The quantitative estimate of drug-likeness (QED) is 0.346. The topological polar surface area (TPSA) is 88.6 Å². The summed E-state index contributed by atoms with van der Waals surface area (Å²) >= 11 is 0. The molecule has 2 aromatic carbocycles. The average molecular weight is 484 g/mol. The zero-order chi connectivity index (χ0) is 25.4. The molecule has 5 rings (SSSR count). The van der Waals surface area contributed by atoms with Crippen LogP contribution in [0, 0.1) is 0 Å². The first-order valence-corrected chi connectivity index (χ1v) is 12.1. The van der Waals surface area contributed by atoms with E-state index in [0.717, 1.165) is 16.5 Å². The highest BCUT2D eigenvalue weighted by atomic mass is 16.3. The minimum absolute atomic E-state index is 0.0422. The summed E-state index contributed by atoms with van der Waals surface area (Å²) in [4.78, 5) is 32.6. The largest absolute Gasteiger partial charge is 0.503 e. The molecule has 7 heteroatoms. The predicted molar refractivity (Wildman–Crippen MR) is 137 cm³/mol. The van der Waals surface area contributed by atoms with Crippen molar-refractivity contribution in [1.29, 1.82) is 0 Å². The van der Waals surface area contributed by atoms with Gasteiger partial charge >= 0.3 is 0 Å². The van der Waals surface area contributed by atoms with Crippen molar-refractivity contribution in [3.63, 3.8) is 0 Å². The number of ketones is 1. The highest BCUT2D eigenvalue weighted by Crippen LogP contribution is 2.40. The third-order valence-electron chi connectivity index (χ3n) is 6.66. The number of rotatable bonds is 7. The summed E-state index contributed by atoms with van der Waals surface area (Å²) in [5.41, 5.74) is 2.49. The van der Waals surface area contributed by atoms with Crippen LogP contribution >= 0.6 is 0 Å². The molecule has 1 aliphatic rings. The Morgan fingerprint density at radius 3 is 2.50 bits per heavy atom. The highest BCUT2D eigenvalue weighted by molar-refractivity contribution is 6.16. The maximum Gasteiger partial charge on any atom is 0.290 e. The van der Waals surface area contributed by atoms with Gasteiger partial charge in [-0.1, -0.05) is 63.2 Å². The van der Waals surface area contributed by atoms with E-state index in [1.165, 1.54) is 0 Å². The van der Waals surface area contributed by atoms with Crippen LogP contribution < -0.4 is 0 Å². The van der Waals surface area contributed by atoms with Crippen LogP contribution in [0.4, 0.5) is 0 Å². The van der Waals surface area contributed by atoms with E-state index in [1.807, 2.05) is 53.2 Å². The second-order valence-electron chi connectivity index (χ2n) is 10.2. The lowest BCUT2D eigenvalue weighted by molar-refractivity contribution is -0.129. The molecule has 1 atom stereocenters. The van der Waals surface area contributed by atoms with Crippen molar-refractivity contribution < 1.29 is 19.1 Å². The summed E-state index contributed by atoms with van der Waals surface area (Å²) in [6, 6.07) is 16.2. The number of aliphatic hydroxyl groups excluding tert-OH is 1. The lowest BCUT2D eigenvalue weighted by atomic mass is 9.85. The highest BCUT2D eigenvalue weighted by Gasteiger charge is 2.44. The smallest absolute Gasteiger partial charge is 0.290 e. The summed E-state index contributed by atoms with van der Waals surface area (Å²) < 4.78 is 7.74. The number of hydrogen-bond acceptors (Lipinski definition) is 5. The number of carbonyl (C=O) groups is 2. The molecule has 0 bridgehead atoms. The van der Waals surface area contributed by atoms with Crippen LogP contribution in [0.15, 0.2) is 89.1 Å². The molecule has 0 radical (unpaired) electrons. The molecular formula is C29H29N3O4. The second kappa shape index (κ2) is 9.15. The molecule has 4 aromatic rings. The zero-order valence-electron chi connectivity index (χ0n) is 20.6. The van der Waals surface area contributed by atoms with E-state index in [2.05, 4.69) is 25.8 Å². The number of aromatic nitrogens is 2. The number of aryl methyl sites for hydroxylation is 1. The Balaban J connectivity index is 1.51. The number of benzene rings is 2. The first kappa shape index (κ1) is 23.6. The van der Waals surface area contributed by atoms with Crippen LogP contribution in [0.3, 0.4) is 0 Å². The minimum Gasteiger partial charge on any atom is -0.503 e. The van der Waals surface area contributed by atoms with Gasteiger partial charge in [-0.05, 0) is 35.1 Å². The van der Waals surface area contributed by atoms with Crippen LogP contribution in [0.5, 0.6) is 0 Å². The van der Waals surface area contributed by atoms with Gasteiger partial charge in [0.1, 0.15) is 5.58 Å². The Kier molecular flexibility index (Phi) is 6.00. The molecule has 0 saturated carbocycles. The normalized spacial score (nSPS) is 16.4. The van der Waals surface area contributed by atoms with Gasteiger partial charge in [-0.2, -0.15) is 0 Å². The summed E-state index contributed by atoms with van der Waals surface area (Å²) in [6.07, 6.45) is 5.93. The number of furan rings is 1. The van der Waals surface area contributed by atoms with E-state index in [-0.39, 0.29) is 16.7 Å². The van der Waals surface area contributed by atoms with Crippen molar-refractivity contribution in [2.75, 3.05) is 6.54 Å². The fourth-order valence-corrected chi connectivity index (χ4v) is 4.70. The van der Waals surface area contributed by atoms with Gasteiger partial charge in [0.05, 0.1) is 17.9 Å². The summed E-state index contributed by atoms with van der Waals surface area (Å²) in [5, 5.41) is 11.7. The minimum atomic E-state index is -0.713. The van der Waals surface area contributed by atoms with Gasteiger partial charge in [-0.25, -0.2) is 4.98 Å². The number of imidazole rings is 1. The van der Waals surface area contributed by atoms with Gasteiger partial charge < -0.3 is 19.0 Å². The monoisotopic (exact) mass is 483 g/mol. The maximum atomic E-state index is 13.7. The first-order valence-electron chi connectivity index (χ1n) is 12.1. The molecule has 184 valence electrons. The molecule has 0 unspecified atom stereocenters. The number of hydrogen-bond donors (Lipinski definition) is 1. The Morgan fingerprint density at radius 2 is 1.83 bits per heavy atom. The van der Waals surface area contributed by atoms with Crippen LogP contribution in [-0.4, -0.2) is 37.8 Å². The third kappa shape index (κ3) is 4.33. The summed E-state index contributed by atoms with van der Waals surface area (Å²) in [6.45, 7) is 7.42. The van der Waals surface area contributed by atoms with Crippen molar-refractivity contribution in [1.82, 2.24) is 14.5 Å². The van der Waals surface area contributed by atoms with E-state index >= 15 is 0 Å². The van der Waals surface area contributed by atoms with Gasteiger partial charge in [0.2, 0.25) is 5.78 Å². The van der Waals surface area contributed by atoms with Gasteiger partial charge in [0.15, 0.2) is 11.5 Å². The van der Waals surface area contributed by atoms with Crippen LogP contribution in [0.25, 0.3) is 11.0 Å². The van der Waals surface area contributed by atoms with Crippen molar-refractivity contribution in [3.05, 3.63) is 102 Å². The van der Waals surface area contributed by atoms with Gasteiger partial charge in [0.25, 0.3) is 5.91 Å². The van der Waals surface area contributed by atoms with Gasteiger partial charge in [-0.15, -0.1) is 0 Å². The molecule has 0 aliphatic carbocycles. The molecule has 1 amide bonds.